The van der Waals surface area contributed by atoms with Gasteiger partial charge in [-0.25, -0.2) is 9.59 Å². The molecule has 4 N–H and O–H groups in total. The van der Waals surface area contributed by atoms with E-state index < -0.39 is 46.7 Å². The fraction of sp³-hybridized carbons (Fsp3) is 0.673. The van der Waals surface area contributed by atoms with E-state index in [1.54, 1.807) is 67.0 Å². The van der Waals surface area contributed by atoms with Gasteiger partial charge in [-0.15, -0.1) is 0 Å². The monoisotopic (exact) mass is 1130 g/mol. The first kappa shape index (κ1) is 68.2. The number of hydrogen-bond donors (Lipinski definition) is 4. The molecule has 0 spiro atoms. The molecule has 1 fully saturated rings. The molecule has 2 aromatic carbocycles. The van der Waals surface area contributed by atoms with Crippen LogP contribution in [0.5, 0.6) is 5.75 Å². The van der Waals surface area contributed by atoms with Crippen LogP contribution in [0.15, 0.2) is 42.5 Å². The molecule has 2 atom stereocenters. The topological polar surface area (TPSA) is 298 Å². The standard InChI is InChI=1S/C55H86N6O19/c1-39(2)49(59-51(64)42-11-9-41(10-12-42)36-56-53(66)80-55(4,5)6)52(65)57-40(3)50(63)58-45-14-13-43(38-78-54(67)79-47-17-15-46(16-18-47)61(68)69)44(35-45)37-60(7)48(62)19-20-71-23-24-73-27-28-75-31-32-77-34-33-76-30-29-74-26-25-72-22-21-70-8/h13-18,35,39-42,49H,9-12,19-34,36-38H2,1-8H3,(H,56,66)(H,57,65)(H,58,63)(H,59,64)/t40-,41?,42?,49-/m0/s1. The first-order chi connectivity index (χ1) is 38.3. The Morgan fingerprint density at radius 3 is 1.71 bits per heavy atom. The Morgan fingerprint density at radius 2 is 1.21 bits per heavy atom. The normalized spacial score (nSPS) is 15.1. The SMILES string of the molecule is COCCOCCOCCOCCOCCOCCOCCOCCC(=O)N(C)Cc1cc(NC(=O)[C@H](C)NC(=O)[C@@H](NC(=O)C2CCC(CNC(=O)OC(C)(C)C)CC2)C(C)C)ccc1COC(=O)Oc1ccc([N+](=O)[O-])cc1. The molecule has 0 radical (unpaired) electrons. The molecule has 2 aromatic rings. The van der Waals surface area contributed by atoms with Gasteiger partial charge in [-0.3, -0.25) is 29.3 Å². The zero-order valence-corrected chi connectivity index (χ0v) is 47.8. The first-order valence-electron chi connectivity index (χ1n) is 27.1. The van der Waals surface area contributed by atoms with Crippen LogP contribution in [0, 0.1) is 27.9 Å². The second-order valence-electron chi connectivity index (χ2n) is 20.2. The predicted molar refractivity (Wildman–Crippen MR) is 292 cm³/mol. The van der Waals surface area contributed by atoms with Gasteiger partial charge in [-0.05, 0) is 101 Å². The lowest BCUT2D eigenvalue weighted by Crippen LogP contribution is -2.54. The number of methoxy groups -OCH3 is 1. The van der Waals surface area contributed by atoms with Gasteiger partial charge in [0.2, 0.25) is 23.6 Å². The average molecular weight is 1140 g/mol. The maximum atomic E-state index is 13.6. The summed E-state index contributed by atoms with van der Waals surface area (Å²) in [5.74, 6) is -2.02. The van der Waals surface area contributed by atoms with Gasteiger partial charge in [0.25, 0.3) is 5.69 Å². The largest absolute Gasteiger partial charge is 0.514 e. The van der Waals surface area contributed by atoms with E-state index >= 15 is 0 Å². The van der Waals surface area contributed by atoms with Crippen LogP contribution in [0.3, 0.4) is 0 Å². The van der Waals surface area contributed by atoms with Gasteiger partial charge in [0.1, 0.15) is 30.0 Å². The van der Waals surface area contributed by atoms with E-state index in [1.807, 2.05) is 0 Å². The number of amides is 5. The molecule has 1 aliphatic carbocycles. The summed E-state index contributed by atoms with van der Waals surface area (Å²) < 4.78 is 59.2. The van der Waals surface area contributed by atoms with Gasteiger partial charge in [0.15, 0.2) is 0 Å². The molecule has 3 rings (SSSR count). The number of nitro benzene ring substituents is 1. The van der Waals surface area contributed by atoms with E-state index in [0.29, 0.717) is 122 Å². The minimum atomic E-state index is -1.09. The van der Waals surface area contributed by atoms with Gasteiger partial charge in [0.05, 0.1) is 110 Å². The molecule has 0 unspecified atom stereocenters. The molecule has 80 heavy (non-hydrogen) atoms. The lowest BCUT2D eigenvalue weighted by Gasteiger charge is -2.30. The van der Waals surface area contributed by atoms with E-state index in [2.05, 4.69) is 21.3 Å². The van der Waals surface area contributed by atoms with Crippen LogP contribution in [-0.2, 0) is 79.7 Å². The fourth-order valence-corrected chi connectivity index (χ4v) is 7.74. The van der Waals surface area contributed by atoms with Gasteiger partial charge in [0, 0.05) is 51.0 Å². The van der Waals surface area contributed by atoms with Crippen molar-refractivity contribution in [2.45, 2.75) is 104 Å². The lowest BCUT2D eigenvalue weighted by atomic mass is 9.81. The summed E-state index contributed by atoms with van der Waals surface area (Å²) in [6, 6.07) is 7.68. The van der Waals surface area contributed by atoms with Crippen LogP contribution in [0.2, 0.25) is 0 Å². The summed E-state index contributed by atoms with van der Waals surface area (Å²) in [6.45, 7) is 16.7. The summed E-state index contributed by atoms with van der Waals surface area (Å²) in [5, 5.41) is 22.3. The summed E-state index contributed by atoms with van der Waals surface area (Å²) >= 11 is 0. The number of alkyl carbamates (subject to hydrolysis) is 1. The van der Waals surface area contributed by atoms with Gasteiger partial charge >= 0.3 is 12.2 Å². The molecule has 0 saturated heterocycles. The minimum Gasteiger partial charge on any atom is -0.444 e. The molecule has 1 aliphatic rings. The highest BCUT2D eigenvalue weighted by Crippen LogP contribution is 2.29. The zero-order chi connectivity index (χ0) is 58.7. The number of carbonyl (C=O) groups excluding carboxylic acids is 6. The second-order valence-corrected chi connectivity index (χ2v) is 20.2. The molecule has 5 amide bonds. The molecule has 450 valence electrons. The van der Waals surface area contributed by atoms with Crippen molar-refractivity contribution < 1.29 is 85.8 Å². The number of non-ortho nitro benzene ring substituents is 1. The van der Waals surface area contributed by atoms with E-state index in [4.69, 9.17) is 52.1 Å². The van der Waals surface area contributed by atoms with E-state index in [9.17, 15) is 38.9 Å². The maximum Gasteiger partial charge on any atom is 0.514 e. The number of ether oxygens (including phenoxy) is 11. The summed E-state index contributed by atoms with van der Waals surface area (Å²) in [5.41, 5.74) is 0.484. The third-order valence-electron chi connectivity index (χ3n) is 12.2. The Bertz CT molecular complexity index is 2170. The van der Waals surface area contributed by atoms with Crippen molar-refractivity contribution in [3.05, 3.63) is 63.7 Å². The summed E-state index contributed by atoms with van der Waals surface area (Å²) in [4.78, 5) is 90.6. The Morgan fingerprint density at radius 1 is 0.688 bits per heavy atom. The Balaban J connectivity index is 1.45. The minimum absolute atomic E-state index is 0.0196. The zero-order valence-electron chi connectivity index (χ0n) is 47.8. The number of carbonyl (C=O) groups is 6. The van der Waals surface area contributed by atoms with E-state index in [0.717, 1.165) is 12.8 Å². The number of nitrogens with zero attached hydrogens (tertiary/aromatic N) is 2. The van der Waals surface area contributed by atoms with E-state index in [-0.39, 0.29) is 73.8 Å². The number of nitrogens with one attached hydrogen (secondary N) is 4. The van der Waals surface area contributed by atoms with Gasteiger partial charge < -0.3 is 78.3 Å². The van der Waals surface area contributed by atoms with Crippen molar-refractivity contribution in [1.29, 1.82) is 0 Å². The van der Waals surface area contributed by atoms with Crippen molar-refractivity contribution in [2.75, 3.05) is 125 Å². The van der Waals surface area contributed by atoms with E-state index in [1.165, 1.54) is 36.1 Å². The maximum absolute atomic E-state index is 13.6. The Kier molecular flexibility index (Phi) is 32.9. The number of nitro groups is 1. The third-order valence-corrected chi connectivity index (χ3v) is 12.2. The van der Waals surface area contributed by atoms with Crippen molar-refractivity contribution in [1.82, 2.24) is 20.9 Å². The molecule has 0 bridgehead atoms. The highest BCUT2D eigenvalue weighted by molar-refractivity contribution is 5.98. The fourth-order valence-electron chi connectivity index (χ4n) is 7.74. The highest BCUT2D eigenvalue weighted by Gasteiger charge is 2.32. The molecular weight excluding hydrogens is 1050 g/mol. The number of rotatable bonds is 39. The van der Waals surface area contributed by atoms with Gasteiger partial charge in [-0.1, -0.05) is 19.9 Å². The van der Waals surface area contributed by atoms with Crippen molar-refractivity contribution in [3.8, 4) is 5.75 Å². The van der Waals surface area contributed by atoms with Crippen LogP contribution in [-0.4, -0.2) is 183 Å². The molecule has 0 heterocycles. The molecular formula is C55H86N6O19. The first-order valence-corrected chi connectivity index (χ1v) is 27.1. The van der Waals surface area contributed by atoms with Crippen molar-refractivity contribution in [2.24, 2.45) is 17.8 Å². The smallest absolute Gasteiger partial charge is 0.444 e. The number of anilines is 1. The lowest BCUT2D eigenvalue weighted by molar-refractivity contribution is -0.384. The number of benzene rings is 2. The third kappa shape index (κ3) is 29.4. The summed E-state index contributed by atoms with van der Waals surface area (Å²) in [6.07, 6.45) is 1.08. The summed E-state index contributed by atoms with van der Waals surface area (Å²) in [7, 11) is 3.21. The average Bonchev–Trinajstić information content (AvgIpc) is 3.41. The highest BCUT2D eigenvalue weighted by atomic mass is 16.7. The number of hydrogen-bond acceptors (Lipinski definition) is 19. The second kappa shape index (κ2) is 38.6. The molecule has 1 saturated carbocycles. The van der Waals surface area contributed by atoms with Crippen LogP contribution < -0.4 is 26.0 Å². The van der Waals surface area contributed by atoms with Crippen LogP contribution in [0.1, 0.15) is 84.8 Å². The van der Waals surface area contributed by atoms with Crippen LogP contribution in [0.4, 0.5) is 21.0 Å². The van der Waals surface area contributed by atoms with Crippen molar-refractivity contribution in [3.63, 3.8) is 0 Å². The molecule has 25 nitrogen and oxygen atoms in total. The predicted octanol–water partition coefficient (Wildman–Crippen LogP) is 5.34. The van der Waals surface area contributed by atoms with Gasteiger partial charge in [-0.2, -0.15) is 0 Å². The van der Waals surface area contributed by atoms with Crippen LogP contribution in [0.25, 0.3) is 0 Å². The van der Waals surface area contributed by atoms with Crippen LogP contribution >= 0.6 is 0 Å². The Hall–Kier alpha value is -6.06. The Labute approximate surface area is 469 Å². The van der Waals surface area contributed by atoms with Crippen molar-refractivity contribution >= 4 is 47.3 Å². The molecule has 0 aromatic heterocycles. The molecule has 0 aliphatic heterocycles. The molecule has 25 heteroatoms. The quantitative estimate of drug-likeness (QED) is 0.0216.